The van der Waals surface area contributed by atoms with Gasteiger partial charge in [0.2, 0.25) is 0 Å². The minimum atomic E-state index is 0. The second-order valence-corrected chi connectivity index (χ2v) is 7.94. The summed E-state index contributed by atoms with van der Waals surface area (Å²) in [6, 6.07) is 16.5. The molecule has 0 bridgehead atoms. The van der Waals surface area contributed by atoms with Crippen molar-refractivity contribution in [1.82, 2.24) is 4.90 Å². The van der Waals surface area contributed by atoms with Crippen molar-refractivity contribution in [2.75, 3.05) is 26.2 Å². The number of carbonyl (C=O) groups excluding carboxylic acids is 1. The van der Waals surface area contributed by atoms with Gasteiger partial charge in [0.05, 0.1) is 6.61 Å². The Balaban J connectivity index is 0.00000240. The van der Waals surface area contributed by atoms with Gasteiger partial charge in [-0.3, -0.25) is 9.69 Å². The Morgan fingerprint density at radius 1 is 1.10 bits per heavy atom. The molecule has 0 N–H and O–H groups in total. The summed E-state index contributed by atoms with van der Waals surface area (Å²) in [5.74, 6) is 1.79. The van der Waals surface area contributed by atoms with Gasteiger partial charge in [-0.05, 0) is 67.6 Å². The molecule has 4 nitrogen and oxygen atoms in total. The summed E-state index contributed by atoms with van der Waals surface area (Å²) in [6.45, 7) is 5.30. The standard InChI is InChI=1S/C24H29N2O2.Ac/c27-23(21-7-9-24-22(16-21)17-25-12-15-28-24)8-6-19-10-13-26(14-11-19)18-20-4-2-1-3-5-20;/h1-5,7,9,16,19H,6,8,10-15,17-18H2;/q-1;. The second kappa shape index (κ2) is 11.6. The van der Waals surface area contributed by atoms with Crippen LogP contribution in [0.2, 0.25) is 0 Å². The average Bonchev–Trinajstić information content (AvgIpc) is 2.98. The minimum absolute atomic E-state index is 0. The minimum Gasteiger partial charge on any atom is -0.656 e. The maximum atomic E-state index is 12.7. The van der Waals surface area contributed by atoms with Gasteiger partial charge in [0, 0.05) is 62.6 Å². The summed E-state index contributed by atoms with van der Waals surface area (Å²) >= 11 is 0. The number of likely N-dealkylation sites (tertiary alicyclic amines) is 1. The normalized spacial score (nSPS) is 17.5. The van der Waals surface area contributed by atoms with Crippen LogP contribution in [0.25, 0.3) is 5.32 Å². The van der Waals surface area contributed by atoms with Crippen molar-refractivity contribution in [1.29, 1.82) is 0 Å². The summed E-state index contributed by atoms with van der Waals surface area (Å²) in [5, 5.41) is 4.43. The average molecular weight is 605 g/mol. The van der Waals surface area contributed by atoms with Gasteiger partial charge in [0.15, 0.2) is 5.78 Å². The molecular weight excluding hydrogens is 575 g/mol. The predicted octanol–water partition coefficient (Wildman–Crippen LogP) is 4.83. The van der Waals surface area contributed by atoms with Crippen molar-refractivity contribution in [3.8, 4) is 5.75 Å². The molecule has 0 unspecified atom stereocenters. The van der Waals surface area contributed by atoms with E-state index in [4.69, 9.17) is 4.74 Å². The Labute approximate surface area is 209 Å². The van der Waals surface area contributed by atoms with Gasteiger partial charge >= 0.3 is 0 Å². The third-order valence-corrected chi connectivity index (χ3v) is 5.91. The number of fused-ring (bicyclic) bond motifs is 1. The van der Waals surface area contributed by atoms with Gasteiger partial charge in [-0.1, -0.05) is 30.3 Å². The molecule has 0 spiro atoms. The molecule has 1 saturated heterocycles. The monoisotopic (exact) mass is 604 g/mol. The summed E-state index contributed by atoms with van der Waals surface area (Å²) in [5.41, 5.74) is 3.23. The quantitative estimate of drug-likeness (QED) is 0.444. The molecule has 0 aliphatic carbocycles. The van der Waals surface area contributed by atoms with E-state index in [1.54, 1.807) is 0 Å². The Bertz CT molecular complexity index is 789. The van der Waals surface area contributed by atoms with Crippen molar-refractivity contribution in [3.63, 3.8) is 0 Å². The van der Waals surface area contributed by atoms with Crippen molar-refractivity contribution >= 4 is 5.78 Å². The van der Waals surface area contributed by atoms with E-state index in [9.17, 15) is 4.79 Å². The fourth-order valence-corrected chi connectivity index (χ4v) is 4.19. The number of rotatable bonds is 6. The zero-order chi connectivity index (χ0) is 19.2. The van der Waals surface area contributed by atoms with Gasteiger partial charge in [-0.25, -0.2) is 0 Å². The molecular formula is C24H29AcN2O2-. The fourth-order valence-electron chi connectivity index (χ4n) is 4.19. The topological polar surface area (TPSA) is 43.6 Å². The largest absolute Gasteiger partial charge is 0.656 e. The fraction of sp³-hybridized carbons (Fsp3) is 0.458. The molecule has 29 heavy (non-hydrogen) atoms. The third kappa shape index (κ3) is 6.63. The first-order chi connectivity index (χ1) is 13.8. The maximum Gasteiger partial charge on any atom is 0.162 e. The molecule has 2 heterocycles. The molecule has 2 aliphatic rings. The third-order valence-electron chi connectivity index (χ3n) is 5.91. The number of benzene rings is 2. The van der Waals surface area contributed by atoms with Crippen LogP contribution in [0.1, 0.15) is 47.2 Å². The van der Waals surface area contributed by atoms with Crippen molar-refractivity contribution in [2.45, 2.75) is 38.8 Å². The first-order valence-corrected chi connectivity index (χ1v) is 10.5. The zero-order valence-corrected chi connectivity index (χ0v) is 21.8. The molecule has 0 aromatic heterocycles. The number of nitrogens with zero attached hydrogens (tertiary/aromatic N) is 2. The molecule has 0 amide bonds. The Kier molecular flexibility index (Phi) is 9.18. The van der Waals surface area contributed by atoms with E-state index < -0.39 is 0 Å². The molecule has 0 saturated carbocycles. The molecule has 2 aliphatic heterocycles. The second-order valence-electron chi connectivity index (χ2n) is 7.94. The first kappa shape index (κ1) is 22.9. The summed E-state index contributed by atoms with van der Waals surface area (Å²) in [7, 11) is 0. The molecule has 0 atom stereocenters. The maximum absolute atomic E-state index is 12.7. The van der Waals surface area contributed by atoms with E-state index in [-0.39, 0.29) is 49.8 Å². The van der Waals surface area contributed by atoms with E-state index in [1.807, 2.05) is 18.2 Å². The van der Waals surface area contributed by atoms with E-state index in [0.29, 0.717) is 25.5 Å². The molecule has 5 heteroatoms. The van der Waals surface area contributed by atoms with Crippen molar-refractivity contribution in [2.24, 2.45) is 5.92 Å². The molecule has 151 valence electrons. The van der Waals surface area contributed by atoms with Gasteiger partial charge in [0.25, 0.3) is 0 Å². The van der Waals surface area contributed by atoms with Gasteiger partial charge < -0.3 is 10.1 Å². The molecule has 2 aromatic rings. The SMILES string of the molecule is O=C(CCC1CCN(Cc2ccccc2)CC1)c1ccc2c(c1)C[N-]CCO2.[Ac]. The van der Waals surface area contributed by atoms with Crippen LogP contribution in [0.3, 0.4) is 0 Å². The Morgan fingerprint density at radius 2 is 1.90 bits per heavy atom. The number of carbonyl (C=O) groups is 1. The first-order valence-electron chi connectivity index (χ1n) is 10.5. The summed E-state index contributed by atoms with van der Waals surface area (Å²) in [4.78, 5) is 15.2. The van der Waals surface area contributed by atoms with Gasteiger partial charge in [-0.2, -0.15) is 0 Å². The summed E-state index contributed by atoms with van der Waals surface area (Å²) < 4.78 is 5.68. The van der Waals surface area contributed by atoms with Gasteiger partial charge in [0.1, 0.15) is 5.75 Å². The van der Waals surface area contributed by atoms with Crippen LogP contribution in [0, 0.1) is 50.0 Å². The zero-order valence-electron chi connectivity index (χ0n) is 17.1. The van der Waals surface area contributed by atoms with E-state index in [0.717, 1.165) is 49.5 Å². The number of Topliss-reactive ketones (excluding diaryl/α,β-unsaturated/α-hetero) is 1. The Morgan fingerprint density at radius 3 is 2.69 bits per heavy atom. The van der Waals surface area contributed by atoms with Crippen LogP contribution in [0.5, 0.6) is 5.75 Å². The van der Waals surface area contributed by atoms with Crippen molar-refractivity contribution < 1.29 is 53.6 Å². The van der Waals surface area contributed by atoms with Gasteiger partial charge in [-0.15, -0.1) is 13.1 Å². The molecule has 2 aromatic carbocycles. The summed E-state index contributed by atoms with van der Waals surface area (Å²) in [6.07, 6.45) is 4.02. The smallest absolute Gasteiger partial charge is 0.162 e. The number of ether oxygens (including phenoxy) is 1. The van der Waals surface area contributed by atoms with Crippen LogP contribution in [0.15, 0.2) is 48.5 Å². The van der Waals surface area contributed by atoms with Crippen LogP contribution < -0.4 is 4.74 Å². The van der Waals surface area contributed by atoms with Crippen LogP contribution in [-0.2, 0) is 13.1 Å². The number of hydrogen-bond donors (Lipinski definition) is 0. The number of ketones is 1. The molecule has 1 fully saturated rings. The molecule has 4 rings (SSSR count). The van der Waals surface area contributed by atoms with Crippen LogP contribution >= 0.6 is 0 Å². The van der Waals surface area contributed by atoms with Crippen molar-refractivity contribution in [3.05, 3.63) is 70.5 Å². The van der Waals surface area contributed by atoms with E-state index in [1.165, 1.54) is 18.4 Å². The molecule has 1 radical (unpaired) electrons. The predicted molar refractivity (Wildman–Crippen MR) is 112 cm³/mol. The number of hydrogen-bond acceptors (Lipinski definition) is 3. The van der Waals surface area contributed by atoms with Crippen LogP contribution in [0.4, 0.5) is 0 Å². The number of piperidine rings is 1. The van der Waals surface area contributed by atoms with E-state index in [2.05, 4.69) is 40.5 Å². The Hall–Kier alpha value is -0.728. The van der Waals surface area contributed by atoms with Crippen LogP contribution in [-0.4, -0.2) is 36.9 Å². The van der Waals surface area contributed by atoms with E-state index >= 15 is 0 Å².